The third kappa shape index (κ3) is 6.51. The Morgan fingerprint density at radius 1 is 1.20 bits per heavy atom. The molecule has 2 aliphatic heterocycles. The highest BCUT2D eigenvalue weighted by Gasteiger charge is 2.57. The number of carbonyl (C=O) groups is 4. The lowest BCUT2D eigenvalue weighted by Crippen LogP contribution is -2.74. The number of phenols is 2. The van der Waals surface area contributed by atoms with Gasteiger partial charge in [0.25, 0.3) is 5.91 Å². The molecule has 4 heterocycles. The molecule has 5 rings (SSSR count). The van der Waals surface area contributed by atoms with Crippen molar-refractivity contribution in [3.05, 3.63) is 47.2 Å². The van der Waals surface area contributed by atoms with Crippen LogP contribution >= 0.6 is 34.9 Å². The first-order chi connectivity index (χ1) is 21.4. The van der Waals surface area contributed by atoms with Crippen LogP contribution in [0.5, 0.6) is 11.5 Å². The molecule has 2 amide bonds. The zero-order chi connectivity index (χ0) is 32.5. The van der Waals surface area contributed by atoms with Crippen LogP contribution in [0.1, 0.15) is 17.4 Å². The van der Waals surface area contributed by atoms with E-state index >= 15 is 0 Å². The van der Waals surface area contributed by atoms with Crippen molar-refractivity contribution in [2.45, 2.75) is 22.5 Å². The molecule has 2 fully saturated rings. The monoisotopic (exact) mass is 676 g/mol. The molecule has 1 aromatic carbocycles. The molecule has 2 aliphatic rings. The van der Waals surface area contributed by atoms with Gasteiger partial charge in [-0.3, -0.25) is 14.4 Å². The van der Waals surface area contributed by atoms with E-state index in [0.29, 0.717) is 5.03 Å². The highest BCUT2D eigenvalue weighted by molar-refractivity contribution is 8.00. The molecule has 0 spiro atoms. The van der Waals surface area contributed by atoms with E-state index in [4.69, 9.17) is 16.3 Å². The van der Waals surface area contributed by atoms with Gasteiger partial charge in [0.2, 0.25) is 12.0 Å². The Morgan fingerprint density at radius 2 is 1.98 bits per heavy atom. The first-order valence-electron chi connectivity index (χ1n) is 12.7. The number of anilines is 2. The van der Waals surface area contributed by atoms with E-state index in [0.717, 1.165) is 23.5 Å². The predicted molar refractivity (Wildman–Crippen MR) is 161 cm³/mol. The number of carboxylic acid groups (broad SMARTS) is 2. The molecule has 2 saturated heterocycles. The van der Waals surface area contributed by atoms with E-state index in [-0.39, 0.29) is 40.3 Å². The van der Waals surface area contributed by atoms with Gasteiger partial charge in [-0.25, -0.2) is 19.7 Å². The first kappa shape index (κ1) is 31.6. The van der Waals surface area contributed by atoms with Crippen LogP contribution in [0.4, 0.5) is 10.9 Å². The van der Waals surface area contributed by atoms with E-state index < -0.39 is 63.9 Å². The lowest BCUT2D eigenvalue weighted by atomic mass is 9.89. The number of thiazole rings is 1. The smallest absolute Gasteiger partial charge is 0.352 e. The van der Waals surface area contributed by atoms with Gasteiger partial charge in [-0.1, -0.05) is 11.2 Å². The summed E-state index contributed by atoms with van der Waals surface area (Å²) in [5, 5.41) is 46.8. The number of aromatic hydroxyl groups is 2. The summed E-state index contributed by atoms with van der Waals surface area (Å²) in [7, 11) is 0. The summed E-state index contributed by atoms with van der Waals surface area (Å²) in [6.07, 6.45) is -0.531. The lowest BCUT2D eigenvalue weighted by molar-refractivity contribution is -0.157. The molecule has 20 heteroatoms. The van der Waals surface area contributed by atoms with Gasteiger partial charge in [0.15, 0.2) is 22.3 Å². The number of nitrogens with one attached hydrogen (secondary N) is 1. The number of hydrogen-bond donors (Lipinski definition) is 7. The second kappa shape index (κ2) is 12.7. The molecule has 17 nitrogen and oxygen atoms in total. The Bertz CT molecular complexity index is 1710. The van der Waals surface area contributed by atoms with E-state index in [1.54, 1.807) is 0 Å². The minimum Gasteiger partial charge on any atom is -0.504 e. The zero-order valence-corrected chi connectivity index (χ0v) is 25.2. The number of rotatable bonds is 11. The molecular formula is C25H24N8O9S3. The lowest BCUT2D eigenvalue weighted by Gasteiger charge is -2.53. The Labute approximate surface area is 265 Å². The highest BCUT2D eigenvalue weighted by atomic mass is 32.2. The number of thioether (sulfide) groups is 2. The number of hydrogen-bond acceptors (Lipinski definition) is 16. The molecule has 0 bridgehead atoms. The predicted octanol–water partition coefficient (Wildman–Crippen LogP) is 0.318. The summed E-state index contributed by atoms with van der Waals surface area (Å²) in [4.78, 5) is 69.3. The summed E-state index contributed by atoms with van der Waals surface area (Å²) in [6, 6.07) is 3.68. The van der Waals surface area contributed by atoms with Crippen molar-refractivity contribution >= 4 is 75.3 Å². The summed E-state index contributed by atoms with van der Waals surface area (Å²) in [6.45, 7) is -0.106. The number of benzene rings is 1. The average Bonchev–Trinajstić information content (AvgIpc) is 3.43. The zero-order valence-electron chi connectivity index (χ0n) is 22.8. The van der Waals surface area contributed by atoms with Crippen LogP contribution in [0.2, 0.25) is 0 Å². The fourth-order valence-corrected chi connectivity index (χ4v) is 7.70. The maximum Gasteiger partial charge on any atom is 0.352 e. The SMILES string of the molecule is Nc1cc(SCC2(C(=O)O)CS[C@@H]3C(NC(=O)C(=NOC(C(=O)O)c4ccc(O)c(O)c4)c4csc(N)n4)C(=O)N3C2)ncn1. The topological polar surface area (TPSA) is 277 Å². The largest absolute Gasteiger partial charge is 0.504 e. The van der Waals surface area contributed by atoms with Crippen molar-refractivity contribution in [1.29, 1.82) is 0 Å². The Morgan fingerprint density at radius 3 is 2.62 bits per heavy atom. The minimum atomic E-state index is -1.80. The summed E-state index contributed by atoms with van der Waals surface area (Å²) < 4.78 is 0. The third-order valence-corrected chi connectivity index (χ3v) is 10.3. The first-order valence-corrected chi connectivity index (χ1v) is 15.7. The van der Waals surface area contributed by atoms with Crippen molar-refractivity contribution in [2.75, 3.05) is 29.5 Å². The van der Waals surface area contributed by atoms with Gasteiger partial charge in [0, 0.05) is 35.1 Å². The van der Waals surface area contributed by atoms with E-state index in [2.05, 4.69) is 25.4 Å². The van der Waals surface area contributed by atoms with Gasteiger partial charge < -0.3 is 46.9 Å². The maximum absolute atomic E-state index is 13.4. The summed E-state index contributed by atoms with van der Waals surface area (Å²) >= 11 is 3.34. The number of nitrogens with two attached hydrogens (primary N) is 2. The number of carboxylic acids is 2. The van der Waals surface area contributed by atoms with Gasteiger partial charge in [0.1, 0.15) is 39.7 Å². The van der Waals surface area contributed by atoms with Gasteiger partial charge >= 0.3 is 11.9 Å². The fourth-order valence-electron chi connectivity index (χ4n) is 4.42. The molecule has 0 saturated carbocycles. The third-order valence-electron chi connectivity index (χ3n) is 6.80. The van der Waals surface area contributed by atoms with Crippen molar-refractivity contribution < 1.29 is 44.4 Å². The molecule has 236 valence electrons. The van der Waals surface area contributed by atoms with Gasteiger partial charge in [-0.05, 0) is 12.1 Å². The van der Waals surface area contributed by atoms with Crippen molar-refractivity contribution in [3.63, 3.8) is 0 Å². The second-order valence-electron chi connectivity index (χ2n) is 9.86. The molecule has 3 aromatic rings. The molecule has 0 radical (unpaired) electrons. The van der Waals surface area contributed by atoms with Crippen LogP contribution in [-0.4, -0.2) is 99.2 Å². The highest BCUT2D eigenvalue weighted by Crippen LogP contribution is 2.44. The van der Waals surface area contributed by atoms with Crippen LogP contribution in [0.25, 0.3) is 0 Å². The molecule has 2 aromatic heterocycles. The molecule has 4 atom stereocenters. The number of oxime groups is 1. The normalized spacial score (nSPS) is 21.7. The van der Waals surface area contributed by atoms with E-state index in [9.17, 15) is 39.6 Å². The number of phenolic OH excluding ortho intramolecular Hbond substituents is 2. The molecule has 0 aliphatic carbocycles. The standard InChI is InChI=1S/C25H24N8O9S3/c26-14-4-15(29-9-28-14)44-7-25(23(40)41)6-33-20(37)17(21(33)45-8-25)31-19(36)16(11-5-43-24(27)30-11)32-42-18(22(38)39)10-1-2-12(34)13(35)3-10/h1-5,9,17-18,21,34-35H,6-8H2,(H2,27,30)(H,31,36)(H,38,39)(H,40,41)(H2,26,28,29)/t17?,18?,21-,25?/m1/s1. The number of β-lactam (4-membered cyclic amide) rings is 1. The van der Waals surface area contributed by atoms with Gasteiger partial charge in [-0.2, -0.15) is 0 Å². The number of amides is 2. The maximum atomic E-state index is 13.4. The number of carbonyl (C=O) groups excluding carboxylic acids is 2. The molecule has 9 N–H and O–H groups in total. The van der Waals surface area contributed by atoms with Crippen LogP contribution in [0.15, 0.2) is 46.2 Å². The van der Waals surface area contributed by atoms with E-state index in [1.807, 2.05) is 0 Å². The summed E-state index contributed by atoms with van der Waals surface area (Å²) in [5.41, 5.74) is 9.47. The van der Waals surface area contributed by atoms with Crippen molar-refractivity contribution in [2.24, 2.45) is 10.6 Å². The number of aromatic nitrogens is 3. The molecule has 3 unspecified atom stereocenters. The van der Waals surface area contributed by atoms with Crippen molar-refractivity contribution in [1.82, 2.24) is 25.2 Å². The van der Waals surface area contributed by atoms with Crippen LogP contribution in [0, 0.1) is 5.41 Å². The summed E-state index contributed by atoms with van der Waals surface area (Å²) in [5.74, 6) is -4.69. The number of fused-ring (bicyclic) bond motifs is 1. The van der Waals surface area contributed by atoms with Crippen LogP contribution in [-0.2, 0) is 24.0 Å². The minimum absolute atomic E-state index is 0.0557. The van der Waals surface area contributed by atoms with Gasteiger partial charge in [0.05, 0.1) is 0 Å². The van der Waals surface area contributed by atoms with Crippen LogP contribution in [0.3, 0.4) is 0 Å². The Kier molecular flexibility index (Phi) is 8.89. The van der Waals surface area contributed by atoms with Gasteiger partial charge in [-0.15, -0.1) is 34.9 Å². The number of aliphatic carboxylic acids is 2. The average molecular weight is 677 g/mol. The second-order valence-corrected chi connectivity index (χ2v) is 12.8. The number of nitrogens with zero attached hydrogens (tertiary/aromatic N) is 5. The molecule has 45 heavy (non-hydrogen) atoms. The van der Waals surface area contributed by atoms with Crippen LogP contribution < -0.4 is 16.8 Å². The fraction of sp³-hybridized carbons (Fsp3) is 0.280. The van der Waals surface area contributed by atoms with Crippen molar-refractivity contribution in [3.8, 4) is 11.5 Å². The quantitative estimate of drug-likeness (QED) is 0.0359. The number of nitrogen functional groups attached to an aromatic ring is 2. The Hall–Kier alpha value is -4.82. The van der Waals surface area contributed by atoms with E-state index in [1.165, 1.54) is 52.3 Å². The molecular weight excluding hydrogens is 653 g/mol. The Balaban J connectivity index is 1.31.